The third kappa shape index (κ3) is 3.53. The van der Waals surface area contributed by atoms with E-state index >= 15 is 0 Å². The van der Waals surface area contributed by atoms with E-state index in [1.54, 1.807) is 12.4 Å². The first-order valence-electron chi connectivity index (χ1n) is 7.82. The zero-order chi connectivity index (χ0) is 16.2. The summed E-state index contributed by atoms with van der Waals surface area (Å²) in [4.78, 5) is 27.0. The van der Waals surface area contributed by atoms with Gasteiger partial charge in [0, 0.05) is 31.2 Å². The summed E-state index contributed by atoms with van der Waals surface area (Å²) in [6.07, 6.45) is 7.87. The van der Waals surface area contributed by atoms with Crippen molar-refractivity contribution in [2.75, 3.05) is 20.1 Å². The lowest BCUT2D eigenvalue weighted by Crippen LogP contribution is -2.33. The number of likely N-dealkylation sites (tertiary alicyclic amines) is 1. The number of carbonyl (C=O) groups is 1. The third-order valence-electron chi connectivity index (χ3n) is 4.34. The number of aromatic nitrogens is 3. The van der Waals surface area contributed by atoms with Crippen LogP contribution in [0.2, 0.25) is 0 Å². The lowest BCUT2D eigenvalue weighted by atomic mass is 9.95. The number of nitrogens with zero attached hydrogens (tertiary/aromatic N) is 4. The highest BCUT2D eigenvalue weighted by molar-refractivity contribution is 5.91. The monoisotopic (exact) mass is 311 g/mol. The van der Waals surface area contributed by atoms with E-state index in [-0.39, 0.29) is 11.9 Å². The molecule has 0 radical (unpaired) electrons. The van der Waals surface area contributed by atoms with Crippen molar-refractivity contribution in [3.05, 3.63) is 53.9 Å². The van der Waals surface area contributed by atoms with Crippen molar-refractivity contribution in [2.24, 2.45) is 5.92 Å². The summed E-state index contributed by atoms with van der Waals surface area (Å²) < 4.78 is 0. The van der Waals surface area contributed by atoms with Gasteiger partial charge in [0.05, 0.1) is 11.9 Å². The fourth-order valence-corrected chi connectivity index (χ4v) is 3.14. The van der Waals surface area contributed by atoms with Crippen molar-refractivity contribution in [1.29, 1.82) is 0 Å². The molecular formula is C17H21N5O. The maximum Gasteiger partial charge on any atom is 0.271 e. The molecule has 0 aliphatic carbocycles. The lowest BCUT2D eigenvalue weighted by Gasteiger charge is -2.25. The van der Waals surface area contributed by atoms with E-state index in [9.17, 15) is 4.79 Å². The highest BCUT2D eigenvalue weighted by Crippen LogP contribution is 2.35. The van der Waals surface area contributed by atoms with Crippen LogP contribution in [-0.4, -0.2) is 45.9 Å². The molecule has 1 saturated heterocycles. The standard InChI is InChI=1S/C17H21N5O/c1-12-8-20-15(11-19-12)17(23)21-10-14-5-7-22(2)16(14)13-4-3-6-18-9-13/h3-4,6,8-9,11,14,16H,5,7,10H2,1-2H3,(H,21,23)/t14-,16-/m0/s1. The molecule has 6 nitrogen and oxygen atoms in total. The van der Waals surface area contributed by atoms with Crippen molar-refractivity contribution in [2.45, 2.75) is 19.4 Å². The highest BCUT2D eigenvalue weighted by Gasteiger charge is 2.33. The number of hydrogen-bond acceptors (Lipinski definition) is 5. The molecule has 3 heterocycles. The molecule has 2 aromatic heterocycles. The Morgan fingerprint density at radius 1 is 1.35 bits per heavy atom. The molecule has 3 rings (SSSR count). The smallest absolute Gasteiger partial charge is 0.271 e. The van der Waals surface area contributed by atoms with Gasteiger partial charge in [0.25, 0.3) is 5.91 Å². The number of amides is 1. The second-order valence-electron chi connectivity index (χ2n) is 6.01. The van der Waals surface area contributed by atoms with Gasteiger partial charge in [0.2, 0.25) is 0 Å². The van der Waals surface area contributed by atoms with E-state index in [4.69, 9.17) is 0 Å². The van der Waals surface area contributed by atoms with E-state index in [0.29, 0.717) is 18.2 Å². The summed E-state index contributed by atoms with van der Waals surface area (Å²) in [7, 11) is 2.12. The molecule has 0 spiro atoms. The van der Waals surface area contributed by atoms with E-state index in [1.165, 1.54) is 11.8 Å². The van der Waals surface area contributed by atoms with Gasteiger partial charge in [0.1, 0.15) is 5.69 Å². The van der Waals surface area contributed by atoms with E-state index in [0.717, 1.165) is 18.7 Å². The van der Waals surface area contributed by atoms with Crippen LogP contribution in [0.15, 0.2) is 36.9 Å². The van der Waals surface area contributed by atoms with Crippen molar-refractivity contribution in [3.8, 4) is 0 Å². The Morgan fingerprint density at radius 3 is 2.91 bits per heavy atom. The average molecular weight is 311 g/mol. The van der Waals surface area contributed by atoms with Crippen molar-refractivity contribution in [3.63, 3.8) is 0 Å². The van der Waals surface area contributed by atoms with Crippen LogP contribution in [-0.2, 0) is 0 Å². The number of rotatable bonds is 4. The maximum atomic E-state index is 12.2. The first-order chi connectivity index (χ1) is 11.1. The third-order valence-corrected chi connectivity index (χ3v) is 4.34. The first kappa shape index (κ1) is 15.6. The number of carbonyl (C=O) groups excluding carboxylic acids is 1. The van der Waals surface area contributed by atoms with Crippen LogP contribution < -0.4 is 5.32 Å². The second kappa shape index (κ2) is 6.83. The molecular weight excluding hydrogens is 290 g/mol. The molecule has 2 aromatic rings. The molecule has 1 amide bonds. The zero-order valence-electron chi connectivity index (χ0n) is 13.4. The molecule has 0 unspecified atom stereocenters. The number of pyridine rings is 1. The van der Waals surface area contributed by atoms with Gasteiger partial charge in [-0.1, -0.05) is 6.07 Å². The van der Waals surface area contributed by atoms with Crippen molar-refractivity contribution < 1.29 is 4.79 Å². The topological polar surface area (TPSA) is 71.0 Å². The van der Waals surface area contributed by atoms with Crippen LogP contribution in [0.1, 0.15) is 34.2 Å². The van der Waals surface area contributed by atoms with Gasteiger partial charge in [-0.25, -0.2) is 4.98 Å². The summed E-state index contributed by atoms with van der Waals surface area (Å²) in [6, 6.07) is 4.34. The van der Waals surface area contributed by atoms with Crippen LogP contribution in [0.3, 0.4) is 0 Å². The Hall–Kier alpha value is -2.34. The predicted octanol–water partition coefficient (Wildman–Crippen LogP) is 1.60. The van der Waals surface area contributed by atoms with Gasteiger partial charge < -0.3 is 5.32 Å². The van der Waals surface area contributed by atoms with Gasteiger partial charge in [-0.05, 0) is 44.5 Å². The highest BCUT2D eigenvalue weighted by atomic mass is 16.1. The molecule has 6 heteroatoms. The molecule has 0 bridgehead atoms. The molecule has 1 N–H and O–H groups in total. The molecule has 120 valence electrons. The summed E-state index contributed by atoms with van der Waals surface area (Å²) in [5.74, 6) is 0.198. The number of hydrogen-bond donors (Lipinski definition) is 1. The Labute approximate surface area is 136 Å². The molecule has 1 aliphatic heterocycles. The number of nitrogens with one attached hydrogen (secondary N) is 1. The predicted molar refractivity (Wildman–Crippen MR) is 86.8 cm³/mol. The van der Waals surface area contributed by atoms with E-state index in [2.05, 4.69) is 38.3 Å². The summed E-state index contributed by atoms with van der Waals surface area (Å²) in [5, 5.41) is 2.99. The number of aryl methyl sites for hydroxylation is 1. The van der Waals surface area contributed by atoms with Gasteiger partial charge >= 0.3 is 0 Å². The zero-order valence-corrected chi connectivity index (χ0v) is 13.4. The first-order valence-corrected chi connectivity index (χ1v) is 7.82. The van der Waals surface area contributed by atoms with Crippen LogP contribution in [0, 0.1) is 12.8 Å². The van der Waals surface area contributed by atoms with Gasteiger partial charge in [0.15, 0.2) is 0 Å². The lowest BCUT2D eigenvalue weighted by molar-refractivity contribution is 0.0938. The molecule has 1 fully saturated rings. The maximum absolute atomic E-state index is 12.2. The quantitative estimate of drug-likeness (QED) is 0.929. The summed E-state index contributed by atoms with van der Waals surface area (Å²) >= 11 is 0. The van der Waals surface area contributed by atoms with Gasteiger partial charge in [-0.15, -0.1) is 0 Å². The molecule has 0 aromatic carbocycles. The minimum absolute atomic E-state index is 0.169. The van der Waals surface area contributed by atoms with Crippen molar-refractivity contribution in [1.82, 2.24) is 25.2 Å². The molecule has 1 aliphatic rings. The summed E-state index contributed by atoms with van der Waals surface area (Å²) in [5.41, 5.74) is 2.36. The van der Waals surface area contributed by atoms with E-state index < -0.39 is 0 Å². The van der Waals surface area contributed by atoms with Crippen LogP contribution in [0.4, 0.5) is 0 Å². The Kier molecular flexibility index (Phi) is 4.62. The minimum Gasteiger partial charge on any atom is -0.350 e. The van der Waals surface area contributed by atoms with E-state index in [1.807, 2.05) is 19.2 Å². The molecule has 2 atom stereocenters. The van der Waals surface area contributed by atoms with Crippen LogP contribution in [0.25, 0.3) is 0 Å². The van der Waals surface area contributed by atoms with Crippen molar-refractivity contribution >= 4 is 5.91 Å². The SMILES string of the molecule is Cc1cnc(C(=O)NC[C@@H]2CCN(C)[C@H]2c2cccnc2)cn1. The Morgan fingerprint density at radius 2 is 2.22 bits per heavy atom. The van der Waals surface area contributed by atoms with Gasteiger partial charge in [-0.3, -0.25) is 19.7 Å². The fourth-order valence-electron chi connectivity index (χ4n) is 3.14. The normalized spacial score (nSPS) is 21.3. The minimum atomic E-state index is -0.169. The Balaban J connectivity index is 1.65. The molecule has 23 heavy (non-hydrogen) atoms. The molecule has 0 saturated carbocycles. The second-order valence-corrected chi connectivity index (χ2v) is 6.01. The van der Waals surface area contributed by atoms with Crippen LogP contribution in [0.5, 0.6) is 0 Å². The summed E-state index contributed by atoms with van der Waals surface area (Å²) in [6.45, 7) is 3.49. The van der Waals surface area contributed by atoms with Gasteiger partial charge in [-0.2, -0.15) is 0 Å². The van der Waals surface area contributed by atoms with Crippen LogP contribution >= 0.6 is 0 Å². The fraction of sp³-hybridized carbons (Fsp3) is 0.412. The largest absolute Gasteiger partial charge is 0.350 e. The average Bonchev–Trinajstić information content (AvgIpc) is 2.95. The Bertz CT molecular complexity index is 658.